The number of hydrogen-bond donors (Lipinski definition) is 1. The normalized spacial score (nSPS) is 8.00. The zero-order valence-corrected chi connectivity index (χ0v) is 7.75. The molecule has 1 rings (SSSR count). The Balaban J connectivity index is 0. The van der Waals surface area contributed by atoms with Gasteiger partial charge in [0.15, 0.2) is 5.13 Å². The van der Waals surface area contributed by atoms with Gasteiger partial charge in [0.1, 0.15) is 0 Å². The van der Waals surface area contributed by atoms with E-state index in [0.717, 1.165) is 10.8 Å². The van der Waals surface area contributed by atoms with Crippen molar-refractivity contribution in [3.63, 3.8) is 0 Å². The van der Waals surface area contributed by atoms with Gasteiger partial charge < -0.3 is 5.32 Å². The predicted molar refractivity (Wildman–Crippen MR) is 49.9 cm³/mol. The quantitative estimate of drug-likeness (QED) is 0.683. The first-order valence-electron chi connectivity index (χ1n) is 3.43. The monoisotopic (exact) mass is 160 g/mol. The van der Waals surface area contributed by atoms with Gasteiger partial charge in [-0.1, -0.05) is 13.8 Å². The SMILES string of the molecule is CC.CNc1nc(C)cs1.[HH]. The van der Waals surface area contributed by atoms with Gasteiger partial charge in [-0.3, -0.25) is 0 Å². The molecule has 0 fully saturated rings. The average Bonchev–Trinajstić information content (AvgIpc) is 2.40. The summed E-state index contributed by atoms with van der Waals surface area (Å²) in [5.74, 6) is 0. The molecule has 60 valence electrons. The van der Waals surface area contributed by atoms with Gasteiger partial charge in [-0.25, -0.2) is 4.98 Å². The molecule has 0 aromatic carbocycles. The fourth-order valence-electron chi connectivity index (χ4n) is 0.469. The molecular weight excluding hydrogens is 144 g/mol. The predicted octanol–water partition coefficient (Wildman–Crippen LogP) is 2.77. The highest BCUT2D eigenvalue weighted by atomic mass is 32.1. The van der Waals surface area contributed by atoms with E-state index < -0.39 is 0 Å². The minimum atomic E-state index is 0. The van der Waals surface area contributed by atoms with Crippen molar-refractivity contribution in [3.8, 4) is 0 Å². The Kier molecular flexibility index (Phi) is 4.94. The maximum absolute atomic E-state index is 4.14. The number of hydrogen-bond acceptors (Lipinski definition) is 3. The molecular formula is C7H16N2S. The third kappa shape index (κ3) is 2.82. The van der Waals surface area contributed by atoms with E-state index in [1.807, 2.05) is 33.2 Å². The molecule has 1 aromatic rings. The maximum atomic E-state index is 4.14. The van der Waals surface area contributed by atoms with Gasteiger partial charge >= 0.3 is 0 Å². The fraction of sp³-hybridized carbons (Fsp3) is 0.571. The molecule has 0 atom stereocenters. The van der Waals surface area contributed by atoms with Crippen LogP contribution in [-0.4, -0.2) is 12.0 Å². The maximum Gasteiger partial charge on any atom is 0.182 e. The highest BCUT2D eigenvalue weighted by Gasteiger charge is 1.90. The van der Waals surface area contributed by atoms with Crippen LogP contribution in [0.1, 0.15) is 21.0 Å². The van der Waals surface area contributed by atoms with Crippen molar-refractivity contribution in [2.75, 3.05) is 12.4 Å². The number of nitrogens with one attached hydrogen (secondary N) is 1. The zero-order valence-electron chi connectivity index (χ0n) is 6.93. The summed E-state index contributed by atoms with van der Waals surface area (Å²) in [4.78, 5) is 4.14. The van der Waals surface area contributed by atoms with Crippen molar-refractivity contribution < 1.29 is 1.43 Å². The van der Waals surface area contributed by atoms with Crippen LogP contribution in [-0.2, 0) is 0 Å². The molecule has 0 aliphatic rings. The van der Waals surface area contributed by atoms with Gasteiger partial charge in [-0.15, -0.1) is 11.3 Å². The van der Waals surface area contributed by atoms with Gasteiger partial charge in [0.25, 0.3) is 0 Å². The van der Waals surface area contributed by atoms with Gasteiger partial charge in [0, 0.05) is 13.9 Å². The lowest BCUT2D eigenvalue weighted by molar-refractivity contribution is 1.25. The Morgan fingerprint density at radius 3 is 2.40 bits per heavy atom. The summed E-state index contributed by atoms with van der Waals surface area (Å²) in [6, 6.07) is 0. The molecule has 0 spiro atoms. The molecule has 0 amide bonds. The van der Waals surface area contributed by atoms with Crippen molar-refractivity contribution in [3.05, 3.63) is 11.1 Å². The van der Waals surface area contributed by atoms with Crippen LogP contribution in [0, 0.1) is 6.92 Å². The molecule has 0 aliphatic carbocycles. The Morgan fingerprint density at radius 1 is 1.60 bits per heavy atom. The van der Waals surface area contributed by atoms with Crippen LogP contribution in [0.4, 0.5) is 5.13 Å². The van der Waals surface area contributed by atoms with E-state index in [-0.39, 0.29) is 1.43 Å². The second kappa shape index (κ2) is 5.23. The summed E-state index contributed by atoms with van der Waals surface area (Å²) in [5.41, 5.74) is 1.08. The summed E-state index contributed by atoms with van der Waals surface area (Å²) >= 11 is 1.63. The van der Waals surface area contributed by atoms with Crippen LogP contribution < -0.4 is 5.32 Å². The zero-order chi connectivity index (χ0) is 7.98. The summed E-state index contributed by atoms with van der Waals surface area (Å²) in [5, 5.41) is 5.96. The lowest BCUT2D eigenvalue weighted by Gasteiger charge is -1.85. The Bertz CT molecular complexity index is 177. The first-order chi connectivity index (χ1) is 4.83. The Morgan fingerprint density at radius 2 is 2.20 bits per heavy atom. The number of rotatable bonds is 1. The second-order valence-electron chi connectivity index (χ2n) is 1.54. The topological polar surface area (TPSA) is 24.9 Å². The van der Waals surface area contributed by atoms with E-state index >= 15 is 0 Å². The lowest BCUT2D eigenvalue weighted by Crippen LogP contribution is -1.84. The number of anilines is 1. The van der Waals surface area contributed by atoms with Crippen LogP contribution in [0.3, 0.4) is 0 Å². The molecule has 2 nitrogen and oxygen atoms in total. The molecule has 1 heterocycles. The second-order valence-corrected chi connectivity index (χ2v) is 2.40. The van der Waals surface area contributed by atoms with E-state index in [1.54, 1.807) is 11.3 Å². The van der Waals surface area contributed by atoms with Crippen molar-refractivity contribution in [1.82, 2.24) is 4.98 Å². The minimum Gasteiger partial charge on any atom is -0.365 e. The third-order valence-corrected chi connectivity index (χ3v) is 1.81. The summed E-state index contributed by atoms with van der Waals surface area (Å²) < 4.78 is 0. The van der Waals surface area contributed by atoms with E-state index in [9.17, 15) is 0 Å². The summed E-state index contributed by atoms with van der Waals surface area (Å²) in [7, 11) is 1.87. The van der Waals surface area contributed by atoms with E-state index in [4.69, 9.17) is 0 Å². The van der Waals surface area contributed by atoms with E-state index in [2.05, 4.69) is 10.3 Å². The lowest BCUT2D eigenvalue weighted by atomic mass is 10.6. The first-order valence-corrected chi connectivity index (χ1v) is 4.31. The molecule has 1 N–H and O–H groups in total. The number of aromatic nitrogens is 1. The average molecular weight is 160 g/mol. The van der Waals surface area contributed by atoms with Gasteiger partial charge in [-0.2, -0.15) is 0 Å². The molecule has 0 saturated carbocycles. The van der Waals surface area contributed by atoms with Crippen LogP contribution in [0.5, 0.6) is 0 Å². The highest BCUT2D eigenvalue weighted by molar-refractivity contribution is 7.13. The van der Waals surface area contributed by atoms with Crippen LogP contribution >= 0.6 is 11.3 Å². The molecule has 10 heavy (non-hydrogen) atoms. The van der Waals surface area contributed by atoms with Crippen molar-refractivity contribution >= 4 is 16.5 Å². The Labute approximate surface area is 67.8 Å². The molecule has 1 aromatic heterocycles. The van der Waals surface area contributed by atoms with Crippen molar-refractivity contribution in [1.29, 1.82) is 0 Å². The largest absolute Gasteiger partial charge is 0.365 e. The van der Waals surface area contributed by atoms with Crippen molar-refractivity contribution in [2.45, 2.75) is 20.8 Å². The fourth-order valence-corrected chi connectivity index (χ4v) is 1.12. The van der Waals surface area contributed by atoms with Crippen LogP contribution in [0.2, 0.25) is 0 Å². The van der Waals surface area contributed by atoms with Crippen molar-refractivity contribution in [2.24, 2.45) is 0 Å². The number of nitrogens with zero attached hydrogens (tertiary/aromatic N) is 1. The molecule has 0 radical (unpaired) electrons. The van der Waals surface area contributed by atoms with Gasteiger partial charge in [0.2, 0.25) is 0 Å². The first kappa shape index (κ1) is 9.43. The van der Waals surface area contributed by atoms with Gasteiger partial charge in [0.05, 0.1) is 5.69 Å². The summed E-state index contributed by atoms with van der Waals surface area (Å²) in [6.07, 6.45) is 0. The van der Waals surface area contributed by atoms with E-state index in [1.165, 1.54) is 0 Å². The summed E-state index contributed by atoms with van der Waals surface area (Å²) in [6.45, 7) is 5.98. The number of thiazole rings is 1. The molecule has 0 unspecified atom stereocenters. The van der Waals surface area contributed by atoms with Crippen LogP contribution in [0.25, 0.3) is 0 Å². The van der Waals surface area contributed by atoms with Crippen LogP contribution in [0.15, 0.2) is 5.38 Å². The molecule has 0 bridgehead atoms. The van der Waals surface area contributed by atoms with Gasteiger partial charge in [-0.05, 0) is 6.92 Å². The minimum absolute atomic E-state index is 0. The highest BCUT2D eigenvalue weighted by Crippen LogP contribution is 2.12. The smallest absolute Gasteiger partial charge is 0.182 e. The molecule has 0 aliphatic heterocycles. The Hall–Kier alpha value is -0.570. The van der Waals surface area contributed by atoms with E-state index in [0.29, 0.717) is 0 Å². The molecule has 3 heteroatoms. The molecule has 0 saturated heterocycles. The number of aryl methyl sites for hydroxylation is 1. The standard InChI is InChI=1S/C5H8N2S.C2H6.H2/c1-4-3-8-5(6-2)7-4;1-2;/h3H,1-2H3,(H,6,7);1-2H3;1H. The third-order valence-electron chi connectivity index (χ3n) is 0.833.